The molecular weight excluding hydrogens is 214 g/mol. The Bertz CT molecular complexity index is 237. The van der Waals surface area contributed by atoms with Gasteiger partial charge in [-0.1, -0.05) is 6.92 Å². The third-order valence-corrected chi connectivity index (χ3v) is 3.21. The zero-order valence-electron chi connectivity index (χ0n) is 11.7. The number of nitrogens with one attached hydrogen (secondary N) is 1. The Morgan fingerprint density at radius 2 is 1.82 bits per heavy atom. The molecule has 1 fully saturated rings. The SMILES string of the molecule is CCNC1CCC(CC(=O)OC(C)(C)C)CC1. The van der Waals surface area contributed by atoms with E-state index in [1.807, 2.05) is 20.8 Å². The molecule has 1 saturated carbocycles. The molecule has 0 spiro atoms. The highest BCUT2D eigenvalue weighted by atomic mass is 16.6. The van der Waals surface area contributed by atoms with Crippen LogP contribution >= 0.6 is 0 Å². The summed E-state index contributed by atoms with van der Waals surface area (Å²) in [6.07, 6.45) is 5.28. The van der Waals surface area contributed by atoms with E-state index >= 15 is 0 Å². The maximum Gasteiger partial charge on any atom is 0.306 e. The standard InChI is InChI=1S/C14H27NO2/c1-5-15-12-8-6-11(7-9-12)10-13(16)17-14(2,3)4/h11-12,15H,5-10H2,1-4H3. The van der Waals surface area contributed by atoms with Gasteiger partial charge in [0.1, 0.15) is 5.60 Å². The number of esters is 1. The van der Waals surface area contributed by atoms with Crippen LogP contribution in [0.3, 0.4) is 0 Å². The second-order valence-electron chi connectivity index (χ2n) is 6.07. The fourth-order valence-electron chi connectivity index (χ4n) is 2.48. The number of carbonyl (C=O) groups excluding carboxylic acids is 1. The molecule has 0 amide bonds. The lowest BCUT2D eigenvalue weighted by Gasteiger charge is -2.29. The van der Waals surface area contributed by atoms with E-state index < -0.39 is 0 Å². The molecule has 0 unspecified atom stereocenters. The third-order valence-electron chi connectivity index (χ3n) is 3.21. The van der Waals surface area contributed by atoms with Crippen molar-refractivity contribution in [2.24, 2.45) is 5.92 Å². The van der Waals surface area contributed by atoms with Gasteiger partial charge in [0.2, 0.25) is 0 Å². The molecule has 17 heavy (non-hydrogen) atoms. The van der Waals surface area contributed by atoms with Gasteiger partial charge in [-0.3, -0.25) is 4.79 Å². The van der Waals surface area contributed by atoms with E-state index in [0.29, 0.717) is 18.4 Å². The minimum Gasteiger partial charge on any atom is -0.460 e. The first-order valence-electron chi connectivity index (χ1n) is 6.86. The van der Waals surface area contributed by atoms with Crippen molar-refractivity contribution in [3.05, 3.63) is 0 Å². The molecule has 0 aromatic carbocycles. The van der Waals surface area contributed by atoms with Crippen molar-refractivity contribution in [2.45, 2.75) is 71.4 Å². The zero-order valence-corrected chi connectivity index (χ0v) is 11.7. The first-order valence-corrected chi connectivity index (χ1v) is 6.86. The Labute approximate surface area is 105 Å². The van der Waals surface area contributed by atoms with Crippen molar-refractivity contribution in [1.82, 2.24) is 5.32 Å². The molecule has 0 aliphatic heterocycles. The number of carbonyl (C=O) groups is 1. The average molecular weight is 241 g/mol. The summed E-state index contributed by atoms with van der Waals surface area (Å²) in [4.78, 5) is 11.7. The fourth-order valence-corrected chi connectivity index (χ4v) is 2.48. The predicted molar refractivity (Wildman–Crippen MR) is 69.9 cm³/mol. The van der Waals surface area contributed by atoms with Gasteiger partial charge >= 0.3 is 5.97 Å². The van der Waals surface area contributed by atoms with Gasteiger partial charge in [0, 0.05) is 12.5 Å². The molecule has 3 heteroatoms. The summed E-state index contributed by atoms with van der Waals surface area (Å²) in [6, 6.07) is 0.662. The molecule has 0 atom stereocenters. The summed E-state index contributed by atoms with van der Waals surface area (Å²) in [6.45, 7) is 8.96. The third kappa shape index (κ3) is 6.06. The van der Waals surface area contributed by atoms with Crippen LogP contribution in [0.5, 0.6) is 0 Å². The molecule has 0 aromatic rings. The van der Waals surface area contributed by atoms with Crippen LogP contribution in [0.1, 0.15) is 59.8 Å². The summed E-state index contributed by atoms with van der Waals surface area (Å²) in [5.74, 6) is 0.490. The van der Waals surface area contributed by atoms with Crippen LogP contribution in [0, 0.1) is 5.92 Å². The van der Waals surface area contributed by atoms with Crippen molar-refractivity contribution in [1.29, 1.82) is 0 Å². The Morgan fingerprint density at radius 3 is 2.29 bits per heavy atom. The molecule has 1 aliphatic carbocycles. The second kappa shape index (κ2) is 6.39. The monoisotopic (exact) mass is 241 g/mol. The zero-order chi connectivity index (χ0) is 12.9. The van der Waals surface area contributed by atoms with Crippen molar-refractivity contribution in [2.75, 3.05) is 6.54 Å². The van der Waals surface area contributed by atoms with Crippen LogP contribution in [0.2, 0.25) is 0 Å². The summed E-state index contributed by atoms with van der Waals surface area (Å²) in [5, 5.41) is 3.48. The Morgan fingerprint density at radius 1 is 1.24 bits per heavy atom. The molecule has 0 radical (unpaired) electrons. The van der Waals surface area contributed by atoms with Gasteiger partial charge in [-0.2, -0.15) is 0 Å². The molecule has 0 heterocycles. The highest BCUT2D eigenvalue weighted by molar-refractivity contribution is 5.70. The topological polar surface area (TPSA) is 38.3 Å². The van der Waals surface area contributed by atoms with E-state index in [2.05, 4.69) is 12.2 Å². The van der Waals surface area contributed by atoms with Crippen molar-refractivity contribution < 1.29 is 9.53 Å². The van der Waals surface area contributed by atoms with E-state index in [4.69, 9.17) is 4.74 Å². The fraction of sp³-hybridized carbons (Fsp3) is 0.929. The molecule has 1 N–H and O–H groups in total. The van der Waals surface area contributed by atoms with Crippen LogP contribution in [0.15, 0.2) is 0 Å². The maximum atomic E-state index is 11.7. The number of rotatable bonds is 4. The molecule has 1 rings (SSSR count). The van der Waals surface area contributed by atoms with Gasteiger partial charge in [-0.15, -0.1) is 0 Å². The van der Waals surface area contributed by atoms with Crippen LogP contribution < -0.4 is 5.32 Å². The normalized spacial score (nSPS) is 25.6. The maximum absolute atomic E-state index is 11.7. The molecule has 100 valence electrons. The molecule has 0 saturated heterocycles. The van der Waals surface area contributed by atoms with Crippen molar-refractivity contribution >= 4 is 5.97 Å². The van der Waals surface area contributed by atoms with E-state index in [0.717, 1.165) is 19.4 Å². The van der Waals surface area contributed by atoms with E-state index in [9.17, 15) is 4.79 Å². The van der Waals surface area contributed by atoms with Crippen LogP contribution in [0.25, 0.3) is 0 Å². The lowest BCUT2D eigenvalue weighted by atomic mass is 9.84. The van der Waals surface area contributed by atoms with Crippen molar-refractivity contribution in [3.8, 4) is 0 Å². The first kappa shape index (κ1) is 14.5. The Hall–Kier alpha value is -0.570. The first-order chi connectivity index (χ1) is 7.90. The van der Waals surface area contributed by atoms with E-state index in [-0.39, 0.29) is 11.6 Å². The minimum atomic E-state index is -0.349. The lowest BCUT2D eigenvalue weighted by Crippen LogP contribution is -2.34. The summed E-state index contributed by atoms with van der Waals surface area (Å²) in [7, 11) is 0. The van der Waals surface area contributed by atoms with Gasteiger partial charge in [0.15, 0.2) is 0 Å². The Kier molecular flexibility index (Phi) is 5.44. The van der Waals surface area contributed by atoms with Crippen LogP contribution in [0.4, 0.5) is 0 Å². The highest BCUT2D eigenvalue weighted by Gasteiger charge is 2.24. The molecule has 0 bridgehead atoms. The summed E-state index contributed by atoms with van der Waals surface area (Å²) < 4.78 is 5.36. The molecular formula is C14H27NO2. The van der Waals surface area contributed by atoms with E-state index in [1.165, 1.54) is 12.8 Å². The van der Waals surface area contributed by atoms with Gasteiger partial charge in [-0.05, 0) is 58.9 Å². The van der Waals surface area contributed by atoms with Crippen LogP contribution in [-0.4, -0.2) is 24.2 Å². The molecule has 3 nitrogen and oxygen atoms in total. The number of ether oxygens (including phenoxy) is 1. The number of hydrogen-bond donors (Lipinski definition) is 1. The van der Waals surface area contributed by atoms with Gasteiger partial charge in [0.05, 0.1) is 0 Å². The smallest absolute Gasteiger partial charge is 0.306 e. The quantitative estimate of drug-likeness (QED) is 0.769. The Balaban J connectivity index is 2.24. The van der Waals surface area contributed by atoms with Gasteiger partial charge in [0.25, 0.3) is 0 Å². The summed E-state index contributed by atoms with van der Waals surface area (Å²) >= 11 is 0. The average Bonchev–Trinajstić information content (AvgIpc) is 2.18. The largest absolute Gasteiger partial charge is 0.460 e. The van der Waals surface area contributed by atoms with Crippen molar-refractivity contribution in [3.63, 3.8) is 0 Å². The van der Waals surface area contributed by atoms with E-state index in [1.54, 1.807) is 0 Å². The highest BCUT2D eigenvalue weighted by Crippen LogP contribution is 2.27. The summed E-state index contributed by atoms with van der Waals surface area (Å²) in [5.41, 5.74) is -0.349. The predicted octanol–water partition coefficient (Wildman–Crippen LogP) is 2.89. The number of hydrogen-bond acceptors (Lipinski definition) is 3. The second-order valence-corrected chi connectivity index (χ2v) is 6.07. The molecule has 1 aliphatic rings. The van der Waals surface area contributed by atoms with Gasteiger partial charge in [-0.25, -0.2) is 0 Å². The van der Waals surface area contributed by atoms with Gasteiger partial charge < -0.3 is 10.1 Å². The molecule has 0 aromatic heterocycles. The minimum absolute atomic E-state index is 0.0376. The van der Waals surface area contributed by atoms with Crippen LogP contribution in [-0.2, 0) is 9.53 Å². The lowest BCUT2D eigenvalue weighted by molar-refractivity contribution is -0.156.